The van der Waals surface area contributed by atoms with E-state index < -0.39 is 5.60 Å². The molecule has 0 amide bonds. The topological polar surface area (TPSA) is 26.3 Å². The van der Waals surface area contributed by atoms with Crippen molar-refractivity contribution in [3.05, 3.63) is 0 Å². The highest BCUT2D eigenvalue weighted by atomic mass is 16.5. The minimum absolute atomic E-state index is 0.376. The number of ketones is 1. The summed E-state index contributed by atoms with van der Waals surface area (Å²) in [5.74, 6) is 1.00. The summed E-state index contributed by atoms with van der Waals surface area (Å²) < 4.78 is 5.95. The Hall–Kier alpha value is -0.370. The Bertz CT molecular complexity index is 271. The average Bonchev–Trinajstić information content (AvgIpc) is 2.42. The van der Waals surface area contributed by atoms with Crippen molar-refractivity contribution in [2.45, 2.75) is 97.0 Å². The third-order valence-corrected chi connectivity index (χ3v) is 4.64. The number of unbranched alkanes of at least 4 members (excludes halogenated alkanes) is 5. The SMILES string of the molecule is CCCCCCCCC(=O)C1(OCC)CCCC(C)C1. The van der Waals surface area contributed by atoms with Crippen LogP contribution in [0.2, 0.25) is 0 Å². The lowest BCUT2D eigenvalue weighted by Crippen LogP contribution is -2.45. The van der Waals surface area contributed by atoms with E-state index in [1.165, 1.54) is 38.5 Å². The molecule has 2 unspecified atom stereocenters. The van der Waals surface area contributed by atoms with Crippen LogP contribution in [0.4, 0.5) is 0 Å². The largest absolute Gasteiger partial charge is 0.367 e. The van der Waals surface area contributed by atoms with Crippen molar-refractivity contribution in [1.82, 2.24) is 0 Å². The molecule has 0 spiro atoms. The zero-order valence-electron chi connectivity index (χ0n) is 13.9. The van der Waals surface area contributed by atoms with E-state index in [1.54, 1.807) is 0 Å². The molecule has 0 aromatic carbocycles. The zero-order chi connectivity index (χ0) is 14.8. The maximum atomic E-state index is 12.6. The Morgan fingerprint density at radius 2 is 1.85 bits per heavy atom. The number of hydrogen-bond acceptors (Lipinski definition) is 2. The zero-order valence-corrected chi connectivity index (χ0v) is 13.9. The van der Waals surface area contributed by atoms with Gasteiger partial charge in [0.1, 0.15) is 5.60 Å². The molecule has 0 bridgehead atoms. The fraction of sp³-hybridized carbons (Fsp3) is 0.944. The molecule has 2 nitrogen and oxygen atoms in total. The Labute approximate surface area is 125 Å². The summed E-state index contributed by atoms with van der Waals surface area (Å²) in [6, 6.07) is 0. The Kier molecular flexibility index (Phi) is 8.44. The fourth-order valence-electron chi connectivity index (χ4n) is 3.54. The van der Waals surface area contributed by atoms with Crippen LogP contribution < -0.4 is 0 Å². The number of carbonyl (C=O) groups excluding carboxylic acids is 1. The molecule has 0 saturated heterocycles. The average molecular weight is 282 g/mol. The summed E-state index contributed by atoms with van der Waals surface area (Å²) in [6.45, 7) is 7.17. The van der Waals surface area contributed by atoms with Crippen LogP contribution in [0.5, 0.6) is 0 Å². The molecule has 118 valence electrons. The lowest BCUT2D eigenvalue weighted by molar-refractivity contribution is -0.151. The Morgan fingerprint density at radius 3 is 2.50 bits per heavy atom. The minimum atomic E-state index is -0.435. The van der Waals surface area contributed by atoms with E-state index in [0.717, 1.165) is 32.1 Å². The van der Waals surface area contributed by atoms with E-state index in [0.29, 0.717) is 18.3 Å². The third kappa shape index (κ3) is 5.55. The van der Waals surface area contributed by atoms with Crippen LogP contribution >= 0.6 is 0 Å². The maximum absolute atomic E-state index is 12.6. The molecule has 1 fully saturated rings. The first-order valence-electron chi connectivity index (χ1n) is 8.82. The van der Waals surface area contributed by atoms with Crippen LogP contribution in [-0.4, -0.2) is 18.0 Å². The van der Waals surface area contributed by atoms with Gasteiger partial charge in [-0.25, -0.2) is 0 Å². The van der Waals surface area contributed by atoms with Crippen molar-refractivity contribution in [3.8, 4) is 0 Å². The number of rotatable bonds is 10. The van der Waals surface area contributed by atoms with Crippen molar-refractivity contribution in [3.63, 3.8) is 0 Å². The summed E-state index contributed by atoms with van der Waals surface area (Å²) in [5.41, 5.74) is -0.435. The predicted octanol–water partition coefficient (Wildman–Crippen LogP) is 5.29. The van der Waals surface area contributed by atoms with Gasteiger partial charge in [-0.3, -0.25) is 4.79 Å². The van der Waals surface area contributed by atoms with Gasteiger partial charge >= 0.3 is 0 Å². The molecular formula is C18H34O2. The molecule has 0 aliphatic heterocycles. The normalized spacial score (nSPS) is 26.6. The van der Waals surface area contributed by atoms with Gasteiger partial charge in [0.25, 0.3) is 0 Å². The molecular weight excluding hydrogens is 248 g/mol. The van der Waals surface area contributed by atoms with Gasteiger partial charge in [0, 0.05) is 13.0 Å². The Balaban J connectivity index is 2.36. The van der Waals surface area contributed by atoms with Crippen LogP contribution in [0.15, 0.2) is 0 Å². The molecule has 1 rings (SSSR count). The van der Waals surface area contributed by atoms with Gasteiger partial charge in [-0.2, -0.15) is 0 Å². The second-order valence-corrected chi connectivity index (χ2v) is 6.57. The van der Waals surface area contributed by atoms with E-state index in [-0.39, 0.29) is 0 Å². The van der Waals surface area contributed by atoms with Gasteiger partial charge < -0.3 is 4.74 Å². The minimum Gasteiger partial charge on any atom is -0.367 e. The van der Waals surface area contributed by atoms with Crippen LogP contribution in [0.1, 0.15) is 91.4 Å². The first-order chi connectivity index (χ1) is 9.64. The molecule has 20 heavy (non-hydrogen) atoms. The van der Waals surface area contributed by atoms with Crippen molar-refractivity contribution in [2.24, 2.45) is 5.92 Å². The van der Waals surface area contributed by atoms with Gasteiger partial charge in [0.05, 0.1) is 0 Å². The van der Waals surface area contributed by atoms with Crippen molar-refractivity contribution < 1.29 is 9.53 Å². The van der Waals surface area contributed by atoms with Gasteiger partial charge in [-0.05, 0) is 38.5 Å². The summed E-state index contributed by atoms with van der Waals surface area (Å²) in [7, 11) is 0. The smallest absolute Gasteiger partial charge is 0.164 e. The maximum Gasteiger partial charge on any atom is 0.164 e. The predicted molar refractivity (Wildman–Crippen MR) is 85.0 cm³/mol. The first-order valence-corrected chi connectivity index (χ1v) is 8.82. The van der Waals surface area contributed by atoms with Crippen molar-refractivity contribution in [1.29, 1.82) is 0 Å². The Morgan fingerprint density at radius 1 is 1.15 bits per heavy atom. The van der Waals surface area contributed by atoms with E-state index in [9.17, 15) is 4.79 Å². The van der Waals surface area contributed by atoms with Gasteiger partial charge in [-0.15, -0.1) is 0 Å². The van der Waals surface area contributed by atoms with Crippen LogP contribution in [0, 0.1) is 5.92 Å². The number of hydrogen-bond donors (Lipinski definition) is 0. The molecule has 1 aliphatic carbocycles. The number of carbonyl (C=O) groups is 1. The molecule has 0 heterocycles. The third-order valence-electron chi connectivity index (χ3n) is 4.64. The van der Waals surface area contributed by atoms with E-state index >= 15 is 0 Å². The highest BCUT2D eigenvalue weighted by Gasteiger charge is 2.41. The van der Waals surface area contributed by atoms with Gasteiger partial charge in [-0.1, -0.05) is 52.4 Å². The van der Waals surface area contributed by atoms with Crippen molar-refractivity contribution >= 4 is 5.78 Å². The number of Topliss-reactive ketones (excluding diaryl/α,β-unsaturated/α-hetero) is 1. The summed E-state index contributed by atoms with van der Waals surface area (Å²) in [4.78, 5) is 12.6. The molecule has 0 radical (unpaired) electrons. The van der Waals surface area contributed by atoms with Gasteiger partial charge in [0.2, 0.25) is 0 Å². The lowest BCUT2D eigenvalue weighted by Gasteiger charge is -2.38. The lowest BCUT2D eigenvalue weighted by atomic mass is 9.75. The van der Waals surface area contributed by atoms with E-state index in [2.05, 4.69) is 13.8 Å². The monoisotopic (exact) mass is 282 g/mol. The summed E-state index contributed by atoms with van der Waals surface area (Å²) in [6.07, 6.45) is 12.4. The second kappa shape index (κ2) is 9.55. The van der Waals surface area contributed by atoms with Crippen LogP contribution in [0.25, 0.3) is 0 Å². The second-order valence-electron chi connectivity index (χ2n) is 6.57. The van der Waals surface area contributed by atoms with E-state index in [4.69, 9.17) is 4.74 Å². The summed E-state index contributed by atoms with van der Waals surface area (Å²) in [5, 5.41) is 0. The number of ether oxygens (including phenoxy) is 1. The molecule has 1 saturated carbocycles. The fourth-order valence-corrected chi connectivity index (χ4v) is 3.54. The molecule has 0 N–H and O–H groups in total. The quantitative estimate of drug-likeness (QED) is 0.509. The first kappa shape index (κ1) is 17.7. The molecule has 0 aromatic heterocycles. The van der Waals surface area contributed by atoms with Crippen LogP contribution in [-0.2, 0) is 9.53 Å². The highest BCUT2D eigenvalue weighted by molar-refractivity contribution is 5.87. The van der Waals surface area contributed by atoms with Crippen molar-refractivity contribution in [2.75, 3.05) is 6.61 Å². The molecule has 2 heteroatoms. The highest BCUT2D eigenvalue weighted by Crippen LogP contribution is 2.37. The van der Waals surface area contributed by atoms with Gasteiger partial charge in [0.15, 0.2) is 5.78 Å². The van der Waals surface area contributed by atoms with Crippen LogP contribution in [0.3, 0.4) is 0 Å². The standard InChI is InChI=1S/C18H34O2/c1-4-6-7-8-9-10-13-17(19)18(20-5-2)14-11-12-16(3)15-18/h16H,4-15H2,1-3H3. The van der Waals surface area contributed by atoms with E-state index in [1.807, 2.05) is 6.92 Å². The molecule has 0 aromatic rings. The molecule has 1 aliphatic rings. The summed E-state index contributed by atoms with van der Waals surface area (Å²) >= 11 is 0. The molecule has 2 atom stereocenters.